The van der Waals surface area contributed by atoms with Gasteiger partial charge in [0.2, 0.25) is 0 Å². The normalized spacial score (nSPS) is 8.64. The summed E-state index contributed by atoms with van der Waals surface area (Å²) in [6.07, 6.45) is 0.540. The van der Waals surface area contributed by atoms with Crippen LogP contribution in [0, 0.1) is 17.4 Å². The van der Waals surface area contributed by atoms with Crippen molar-refractivity contribution < 1.29 is 0 Å². The minimum absolute atomic E-state index is 0.540. The van der Waals surface area contributed by atoms with Crippen LogP contribution in [-0.2, 0) is 0 Å². The molecule has 0 atom stereocenters. The predicted octanol–water partition coefficient (Wildman–Crippen LogP) is 1.81. The summed E-state index contributed by atoms with van der Waals surface area (Å²) in [5, 5.41) is 11.4. The molecule has 55 valence electrons. The van der Waals surface area contributed by atoms with Gasteiger partial charge >= 0.3 is 0 Å². The third-order valence-electron chi connectivity index (χ3n) is 1.28. The van der Waals surface area contributed by atoms with Gasteiger partial charge in [-0.1, -0.05) is 12.1 Å². The van der Waals surface area contributed by atoms with Gasteiger partial charge in [-0.2, -0.15) is 5.26 Å². The molecule has 2 heteroatoms. The van der Waals surface area contributed by atoms with E-state index in [1.807, 2.05) is 24.3 Å². The molecule has 0 heterocycles. The summed E-state index contributed by atoms with van der Waals surface area (Å²) in [5.74, 6) is 0. The average molecular weight is 145 g/mol. The highest BCUT2D eigenvalue weighted by atomic mass is 14.9. The maximum absolute atomic E-state index is 8.25. The highest BCUT2D eigenvalue weighted by Crippen LogP contribution is 2.03. The van der Waals surface area contributed by atoms with Crippen molar-refractivity contribution in [2.75, 3.05) is 11.9 Å². The predicted molar refractivity (Wildman–Crippen MR) is 44.0 cm³/mol. The molecule has 0 fully saturated rings. The number of nitrogens with zero attached hydrogens (tertiary/aromatic N) is 1. The molecule has 2 nitrogen and oxygen atoms in total. The molecular formula is C9H9N2. The summed E-state index contributed by atoms with van der Waals surface area (Å²) in [7, 11) is 0. The van der Waals surface area contributed by atoms with Crippen molar-refractivity contribution in [3.63, 3.8) is 0 Å². The molecule has 11 heavy (non-hydrogen) atoms. The van der Waals surface area contributed by atoms with E-state index in [4.69, 9.17) is 5.26 Å². The van der Waals surface area contributed by atoms with E-state index in [2.05, 4.69) is 17.5 Å². The van der Waals surface area contributed by atoms with Crippen LogP contribution in [0.3, 0.4) is 0 Å². The molecule has 0 spiro atoms. The Labute approximate surface area is 66.5 Å². The highest BCUT2D eigenvalue weighted by Gasteiger charge is 1.86. The summed E-state index contributed by atoms with van der Waals surface area (Å²) in [6, 6.07) is 12.5. The maximum atomic E-state index is 8.25. The first kappa shape index (κ1) is 7.62. The summed E-state index contributed by atoms with van der Waals surface area (Å²) in [4.78, 5) is 0. The molecule has 0 aliphatic rings. The summed E-state index contributed by atoms with van der Waals surface area (Å²) < 4.78 is 0. The maximum Gasteiger partial charge on any atom is 0.0640 e. The fourth-order valence-corrected chi connectivity index (χ4v) is 0.767. The second-order valence-corrected chi connectivity index (χ2v) is 2.12. The van der Waals surface area contributed by atoms with Crippen molar-refractivity contribution in [3.05, 3.63) is 30.3 Å². The number of nitriles is 1. The Bertz CT molecular complexity index is 235. The molecule has 0 bridgehead atoms. The van der Waals surface area contributed by atoms with Crippen LogP contribution in [0.4, 0.5) is 5.69 Å². The molecule has 1 aromatic carbocycles. The van der Waals surface area contributed by atoms with Crippen LogP contribution < -0.4 is 5.32 Å². The zero-order valence-corrected chi connectivity index (χ0v) is 6.17. The molecule has 0 aromatic heterocycles. The Hall–Kier alpha value is -1.49. The lowest BCUT2D eigenvalue weighted by molar-refractivity contribution is 1.08. The molecular weight excluding hydrogens is 136 g/mol. The molecule has 0 amide bonds. The Morgan fingerprint density at radius 3 is 2.82 bits per heavy atom. The first-order valence-corrected chi connectivity index (χ1v) is 3.50. The SMILES string of the molecule is N#CCCNc1cc[c]cc1. The van der Waals surface area contributed by atoms with Crippen LogP contribution >= 0.6 is 0 Å². The molecule has 0 unspecified atom stereocenters. The molecule has 1 rings (SSSR count). The summed E-state index contributed by atoms with van der Waals surface area (Å²) in [5.41, 5.74) is 1.04. The van der Waals surface area contributed by atoms with Crippen LogP contribution in [0.2, 0.25) is 0 Å². The monoisotopic (exact) mass is 145 g/mol. The molecule has 1 radical (unpaired) electrons. The van der Waals surface area contributed by atoms with Crippen LogP contribution in [0.1, 0.15) is 6.42 Å². The summed E-state index contributed by atoms with van der Waals surface area (Å²) in [6.45, 7) is 0.709. The molecule has 0 aliphatic heterocycles. The third-order valence-corrected chi connectivity index (χ3v) is 1.28. The smallest absolute Gasteiger partial charge is 0.0640 e. The van der Waals surface area contributed by atoms with E-state index in [0.717, 1.165) is 5.69 Å². The van der Waals surface area contributed by atoms with Gasteiger partial charge in [-0.05, 0) is 18.2 Å². The Morgan fingerprint density at radius 1 is 1.45 bits per heavy atom. The van der Waals surface area contributed by atoms with Gasteiger partial charge in [0, 0.05) is 12.2 Å². The number of hydrogen-bond acceptors (Lipinski definition) is 2. The largest absolute Gasteiger partial charge is 0.384 e. The first-order valence-electron chi connectivity index (χ1n) is 3.50. The van der Waals surface area contributed by atoms with Crippen molar-refractivity contribution >= 4 is 5.69 Å². The third kappa shape index (κ3) is 2.72. The first-order chi connectivity index (χ1) is 5.43. The van der Waals surface area contributed by atoms with Gasteiger partial charge in [0.1, 0.15) is 0 Å². The lowest BCUT2D eigenvalue weighted by atomic mass is 10.3. The summed E-state index contributed by atoms with van der Waals surface area (Å²) >= 11 is 0. The average Bonchev–Trinajstić information content (AvgIpc) is 2.07. The van der Waals surface area contributed by atoms with Gasteiger partial charge in [-0.3, -0.25) is 0 Å². The van der Waals surface area contributed by atoms with Crippen molar-refractivity contribution in [2.24, 2.45) is 0 Å². The van der Waals surface area contributed by atoms with Gasteiger partial charge in [-0.25, -0.2) is 0 Å². The van der Waals surface area contributed by atoms with E-state index < -0.39 is 0 Å². The van der Waals surface area contributed by atoms with Crippen LogP contribution in [-0.4, -0.2) is 6.54 Å². The molecule has 0 saturated heterocycles. The Balaban J connectivity index is 2.35. The van der Waals surface area contributed by atoms with Crippen molar-refractivity contribution in [3.8, 4) is 6.07 Å². The minimum atomic E-state index is 0.540. The van der Waals surface area contributed by atoms with Gasteiger partial charge in [0.05, 0.1) is 12.5 Å². The number of benzene rings is 1. The number of nitrogens with one attached hydrogen (secondary N) is 1. The van der Waals surface area contributed by atoms with Gasteiger partial charge in [0.15, 0.2) is 0 Å². The number of rotatable bonds is 3. The lowest BCUT2D eigenvalue weighted by Gasteiger charge is -2.00. The second-order valence-electron chi connectivity index (χ2n) is 2.12. The molecule has 0 aliphatic carbocycles. The number of hydrogen-bond donors (Lipinski definition) is 1. The minimum Gasteiger partial charge on any atom is -0.384 e. The molecule has 1 aromatic rings. The lowest BCUT2D eigenvalue weighted by Crippen LogP contribution is -1.99. The fourth-order valence-electron chi connectivity index (χ4n) is 0.767. The standard InChI is InChI=1S/C9H9N2/c10-7-4-8-11-9-5-2-1-3-6-9/h2-3,5-6,11H,4,8H2. The Kier molecular flexibility index (Phi) is 3.01. The molecule has 0 saturated carbocycles. The van der Waals surface area contributed by atoms with Crippen molar-refractivity contribution in [1.82, 2.24) is 0 Å². The topological polar surface area (TPSA) is 35.8 Å². The van der Waals surface area contributed by atoms with Crippen LogP contribution in [0.5, 0.6) is 0 Å². The van der Waals surface area contributed by atoms with E-state index in [-0.39, 0.29) is 0 Å². The highest BCUT2D eigenvalue weighted by molar-refractivity contribution is 5.41. The number of anilines is 1. The van der Waals surface area contributed by atoms with Gasteiger partial charge in [0.25, 0.3) is 0 Å². The van der Waals surface area contributed by atoms with E-state index >= 15 is 0 Å². The van der Waals surface area contributed by atoms with E-state index in [1.165, 1.54) is 0 Å². The fraction of sp³-hybridized carbons (Fsp3) is 0.222. The zero-order valence-electron chi connectivity index (χ0n) is 6.17. The van der Waals surface area contributed by atoms with Crippen LogP contribution in [0.15, 0.2) is 24.3 Å². The quantitative estimate of drug-likeness (QED) is 0.658. The van der Waals surface area contributed by atoms with Crippen molar-refractivity contribution in [1.29, 1.82) is 5.26 Å². The van der Waals surface area contributed by atoms with E-state index in [0.29, 0.717) is 13.0 Å². The van der Waals surface area contributed by atoms with Gasteiger partial charge < -0.3 is 5.32 Å². The molecule has 1 N–H and O–H groups in total. The second kappa shape index (κ2) is 4.35. The van der Waals surface area contributed by atoms with Crippen molar-refractivity contribution in [2.45, 2.75) is 6.42 Å². The van der Waals surface area contributed by atoms with Crippen LogP contribution in [0.25, 0.3) is 0 Å². The van der Waals surface area contributed by atoms with E-state index in [1.54, 1.807) is 0 Å². The van der Waals surface area contributed by atoms with Gasteiger partial charge in [-0.15, -0.1) is 0 Å². The Morgan fingerprint density at radius 2 is 2.18 bits per heavy atom. The van der Waals surface area contributed by atoms with E-state index in [9.17, 15) is 0 Å². The zero-order chi connectivity index (χ0) is 7.94.